The number of fused-ring (bicyclic) bond motifs is 5. The Balaban J connectivity index is 1.21. The molecule has 5 unspecified atom stereocenters. The van der Waals surface area contributed by atoms with Crippen LogP contribution in [0.2, 0.25) is 0 Å². The summed E-state index contributed by atoms with van der Waals surface area (Å²) >= 11 is 0. The average Bonchev–Trinajstić information content (AvgIpc) is 3.42. The molecule has 0 radical (unpaired) electrons. The van der Waals surface area contributed by atoms with Crippen molar-refractivity contribution >= 4 is 28.6 Å². The Morgan fingerprint density at radius 1 is 1.07 bits per heavy atom. The van der Waals surface area contributed by atoms with Gasteiger partial charge in [0.15, 0.2) is 5.96 Å². The molecule has 1 aromatic carbocycles. The number of guanidine groups is 1. The van der Waals surface area contributed by atoms with Gasteiger partial charge in [-0.05, 0) is 30.4 Å². The first-order valence-electron chi connectivity index (χ1n) is 10.0. The molecule has 1 saturated heterocycles. The number of imide groups is 1. The van der Waals surface area contributed by atoms with Gasteiger partial charge >= 0.3 is 0 Å². The number of allylic oxidation sites excluding steroid dienone is 2. The molecule has 2 amide bonds. The molecular weight excluding hydrogens is 388 g/mol. The van der Waals surface area contributed by atoms with Crippen LogP contribution in [0, 0.1) is 23.7 Å². The maximum atomic E-state index is 12.7. The second kappa shape index (κ2) is 8.49. The van der Waals surface area contributed by atoms with E-state index >= 15 is 0 Å². The number of carbonyl (C=O) groups excluding carboxylic acids is 2. The maximum Gasteiger partial charge on any atom is 0.233 e. The lowest BCUT2D eigenvalue weighted by atomic mass is 9.85. The van der Waals surface area contributed by atoms with Crippen LogP contribution in [0.3, 0.4) is 0 Å². The fourth-order valence-electron chi connectivity index (χ4n) is 4.64. The van der Waals surface area contributed by atoms with E-state index in [1.807, 2.05) is 30.3 Å². The summed E-state index contributed by atoms with van der Waals surface area (Å²) in [5, 5.41) is 6.26. The van der Waals surface area contributed by atoms with E-state index in [2.05, 4.69) is 27.8 Å². The molecule has 2 N–H and O–H groups in total. The van der Waals surface area contributed by atoms with E-state index in [0.29, 0.717) is 31.3 Å². The van der Waals surface area contributed by atoms with Gasteiger partial charge in [-0.2, -0.15) is 0 Å². The van der Waals surface area contributed by atoms with Crippen molar-refractivity contribution in [2.45, 2.75) is 11.3 Å². The Labute approximate surface area is 173 Å². The summed E-state index contributed by atoms with van der Waals surface area (Å²) in [6, 6.07) is 9.35. The minimum atomic E-state index is -1.07. The van der Waals surface area contributed by atoms with Gasteiger partial charge < -0.3 is 10.6 Å². The van der Waals surface area contributed by atoms with Gasteiger partial charge in [-0.25, -0.2) is 0 Å². The van der Waals surface area contributed by atoms with Gasteiger partial charge in [0.2, 0.25) is 11.8 Å². The number of benzene rings is 1. The van der Waals surface area contributed by atoms with Crippen LogP contribution in [0.5, 0.6) is 0 Å². The lowest BCUT2D eigenvalue weighted by Gasteiger charge is -2.18. The standard InChI is InChI=1S/C21H26N4O3S/c1-22-21(24-10-12-29(28)16-5-3-2-4-6-16)23-9-11-25-19(26)17-14-7-8-15(13-14)18(17)20(25)27/h2-8,14-15,17-18H,9-13H2,1H3,(H2,22,23,24). The molecule has 1 aliphatic heterocycles. The van der Waals surface area contributed by atoms with Crippen molar-refractivity contribution in [3.63, 3.8) is 0 Å². The monoisotopic (exact) mass is 414 g/mol. The van der Waals surface area contributed by atoms with Crippen LogP contribution in [0.15, 0.2) is 52.4 Å². The van der Waals surface area contributed by atoms with Crippen molar-refractivity contribution in [1.82, 2.24) is 15.5 Å². The van der Waals surface area contributed by atoms with E-state index in [9.17, 15) is 13.8 Å². The first kappa shape index (κ1) is 19.8. The third kappa shape index (κ3) is 3.85. The molecule has 8 heteroatoms. The summed E-state index contributed by atoms with van der Waals surface area (Å²) in [7, 11) is 0.585. The topological polar surface area (TPSA) is 90.9 Å². The molecule has 154 valence electrons. The Kier molecular flexibility index (Phi) is 5.80. The van der Waals surface area contributed by atoms with Crippen LogP contribution >= 0.6 is 0 Å². The number of rotatable bonds is 7. The number of hydrogen-bond acceptors (Lipinski definition) is 4. The minimum Gasteiger partial charge on any atom is -0.355 e. The lowest BCUT2D eigenvalue weighted by Crippen LogP contribution is -2.44. The molecule has 3 aliphatic rings. The van der Waals surface area contributed by atoms with Crippen molar-refractivity contribution in [1.29, 1.82) is 0 Å². The largest absolute Gasteiger partial charge is 0.355 e. The summed E-state index contributed by atoms with van der Waals surface area (Å²) in [5.41, 5.74) is 0. The average molecular weight is 415 g/mol. The highest BCUT2D eigenvalue weighted by Crippen LogP contribution is 2.52. The lowest BCUT2D eigenvalue weighted by molar-refractivity contribution is -0.140. The van der Waals surface area contributed by atoms with Gasteiger partial charge in [0.05, 0.1) is 22.6 Å². The number of nitrogens with zero attached hydrogens (tertiary/aromatic N) is 2. The Morgan fingerprint density at radius 2 is 1.69 bits per heavy atom. The summed E-state index contributed by atoms with van der Waals surface area (Å²) in [6.45, 7) is 1.27. The van der Waals surface area contributed by atoms with E-state index < -0.39 is 10.8 Å². The summed E-state index contributed by atoms with van der Waals surface area (Å²) < 4.78 is 12.3. The predicted molar refractivity (Wildman–Crippen MR) is 112 cm³/mol. The summed E-state index contributed by atoms with van der Waals surface area (Å²) in [5.74, 6) is 1.15. The maximum absolute atomic E-state index is 12.7. The molecule has 0 aromatic heterocycles. The highest BCUT2D eigenvalue weighted by molar-refractivity contribution is 7.85. The number of hydrogen-bond donors (Lipinski definition) is 2. The second-order valence-corrected chi connectivity index (χ2v) is 9.19. The van der Waals surface area contributed by atoms with Crippen LogP contribution < -0.4 is 10.6 Å². The van der Waals surface area contributed by atoms with Crippen molar-refractivity contribution in [2.75, 3.05) is 32.4 Å². The molecule has 0 spiro atoms. The fraction of sp³-hybridized carbons (Fsp3) is 0.476. The molecule has 29 heavy (non-hydrogen) atoms. The van der Waals surface area contributed by atoms with Crippen molar-refractivity contribution in [3.8, 4) is 0 Å². The first-order chi connectivity index (χ1) is 14.1. The van der Waals surface area contributed by atoms with Gasteiger partial charge in [0, 0.05) is 37.3 Å². The van der Waals surface area contributed by atoms with Crippen LogP contribution in [0.1, 0.15) is 6.42 Å². The number of aliphatic imine (C=N–C) groups is 1. The highest BCUT2D eigenvalue weighted by atomic mass is 32.2. The van der Waals surface area contributed by atoms with Crippen LogP contribution in [-0.4, -0.2) is 59.3 Å². The zero-order chi connectivity index (χ0) is 20.4. The third-order valence-corrected chi connectivity index (χ3v) is 7.37. The van der Waals surface area contributed by atoms with Crippen LogP contribution in [-0.2, 0) is 20.4 Å². The minimum absolute atomic E-state index is 0.0279. The fourth-order valence-corrected chi connectivity index (χ4v) is 5.63. The molecule has 5 atom stereocenters. The summed E-state index contributed by atoms with van der Waals surface area (Å²) in [4.78, 5) is 31.7. The molecule has 1 saturated carbocycles. The third-order valence-electron chi connectivity index (χ3n) is 6.00. The number of carbonyl (C=O) groups is 2. The number of amides is 2. The van der Waals surface area contributed by atoms with Crippen LogP contribution in [0.25, 0.3) is 0 Å². The van der Waals surface area contributed by atoms with E-state index in [0.717, 1.165) is 11.3 Å². The first-order valence-corrected chi connectivity index (χ1v) is 11.3. The predicted octanol–water partition coefficient (Wildman–Crippen LogP) is 0.766. The molecule has 2 fully saturated rings. The smallest absolute Gasteiger partial charge is 0.233 e. The van der Waals surface area contributed by atoms with Crippen LogP contribution in [0.4, 0.5) is 0 Å². The zero-order valence-corrected chi connectivity index (χ0v) is 17.2. The van der Waals surface area contributed by atoms with E-state index in [1.165, 1.54) is 4.90 Å². The number of nitrogens with one attached hydrogen (secondary N) is 2. The van der Waals surface area contributed by atoms with E-state index in [-0.39, 0.29) is 35.5 Å². The molecule has 4 rings (SSSR count). The second-order valence-electron chi connectivity index (χ2n) is 7.62. The quantitative estimate of drug-likeness (QED) is 0.298. The molecule has 1 heterocycles. The normalized spacial score (nSPS) is 28.7. The van der Waals surface area contributed by atoms with Gasteiger partial charge in [0.1, 0.15) is 0 Å². The van der Waals surface area contributed by atoms with Gasteiger partial charge in [-0.3, -0.25) is 23.7 Å². The van der Waals surface area contributed by atoms with Crippen molar-refractivity contribution in [2.24, 2.45) is 28.7 Å². The van der Waals surface area contributed by atoms with E-state index in [1.54, 1.807) is 7.05 Å². The van der Waals surface area contributed by atoms with E-state index in [4.69, 9.17) is 0 Å². The Bertz CT molecular complexity index is 840. The molecule has 2 aliphatic carbocycles. The molecule has 7 nitrogen and oxygen atoms in total. The van der Waals surface area contributed by atoms with Gasteiger partial charge in [-0.1, -0.05) is 30.4 Å². The Hall–Kier alpha value is -2.48. The van der Waals surface area contributed by atoms with Crippen molar-refractivity contribution in [3.05, 3.63) is 42.5 Å². The summed E-state index contributed by atoms with van der Waals surface area (Å²) in [6.07, 6.45) is 5.15. The molecular formula is C21H26N4O3S. The van der Waals surface area contributed by atoms with Gasteiger partial charge in [-0.15, -0.1) is 0 Å². The van der Waals surface area contributed by atoms with Gasteiger partial charge in [0.25, 0.3) is 0 Å². The zero-order valence-electron chi connectivity index (χ0n) is 16.4. The molecule has 2 bridgehead atoms. The highest BCUT2D eigenvalue weighted by Gasteiger charge is 2.58. The Morgan fingerprint density at radius 3 is 2.31 bits per heavy atom. The number of likely N-dealkylation sites (tertiary alicyclic amines) is 1. The van der Waals surface area contributed by atoms with Crippen molar-refractivity contribution < 1.29 is 13.8 Å². The molecule has 1 aromatic rings. The SMILES string of the molecule is CN=C(NCCN1C(=O)C2C3C=CC(C3)C2C1=O)NCCS(=O)c1ccccc1.